The van der Waals surface area contributed by atoms with Crippen molar-refractivity contribution >= 4 is 14.5 Å². The summed E-state index contributed by atoms with van der Waals surface area (Å²) in [4.78, 5) is 18.3. The van der Waals surface area contributed by atoms with Gasteiger partial charge in [-0.15, -0.1) is 0 Å². The van der Waals surface area contributed by atoms with Crippen molar-refractivity contribution in [1.29, 1.82) is 0 Å². The fourth-order valence-corrected chi connectivity index (χ4v) is 2.28. The lowest BCUT2D eigenvalue weighted by atomic mass is 10.0. The van der Waals surface area contributed by atoms with Gasteiger partial charge in [-0.25, -0.2) is 0 Å². The molecule has 0 radical (unpaired) electrons. The Labute approximate surface area is 74.3 Å². The molecule has 1 rings (SSSR count). The van der Waals surface area contributed by atoms with E-state index in [9.17, 15) is 0 Å². The van der Waals surface area contributed by atoms with Crippen LogP contribution in [0.25, 0.3) is 0 Å². The highest BCUT2D eigenvalue weighted by Crippen LogP contribution is 2.10. The Morgan fingerprint density at radius 1 is 1.17 bits per heavy atom. The Balaban J connectivity index is 3.09. The van der Waals surface area contributed by atoms with Gasteiger partial charge in [0.05, 0.1) is 0 Å². The molecule has 0 saturated carbocycles. The second-order valence-electron chi connectivity index (χ2n) is 3.16. The molecule has 0 spiro atoms. The molecule has 66 valence electrons. The van der Waals surface area contributed by atoms with E-state index in [4.69, 9.17) is 9.59 Å². The quantitative estimate of drug-likeness (QED) is 0.642. The lowest BCUT2D eigenvalue weighted by Crippen LogP contribution is -2.33. The summed E-state index contributed by atoms with van der Waals surface area (Å²) < 4.78 is 0. The minimum Gasteiger partial charge on any atom is -0.410 e. The first-order valence-electron chi connectivity index (χ1n) is 4.08. The number of benzene rings is 1. The van der Waals surface area contributed by atoms with Crippen LogP contribution in [-0.4, -0.2) is 18.9 Å². The summed E-state index contributed by atoms with van der Waals surface area (Å²) in [6.07, 6.45) is 0. The molecule has 1 aromatic carbocycles. The molecule has 0 fully saturated rings. The van der Waals surface area contributed by atoms with Gasteiger partial charge in [0.2, 0.25) is 0 Å². The molecule has 0 bridgehead atoms. The van der Waals surface area contributed by atoms with Crippen LogP contribution in [0.15, 0.2) is 24.3 Å². The van der Waals surface area contributed by atoms with E-state index >= 15 is 0 Å². The third-order valence-corrected chi connectivity index (χ3v) is 2.98. The van der Waals surface area contributed by atoms with Crippen molar-refractivity contribution in [2.75, 3.05) is 0 Å². The molecule has 0 aromatic heterocycles. The van der Waals surface area contributed by atoms with Crippen LogP contribution in [0.1, 0.15) is 25.3 Å². The summed E-state index contributed by atoms with van der Waals surface area (Å²) >= 11 is 0. The molecular formula is C9H14O2Si. The van der Waals surface area contributed by atoms with Crippen molar-refractivity contribution in [3.8, 4) is 0 Å². The van der Waals surface area contributed by atoms with Gasteiger partial charge in [-0.05, 0) is 16.7 Å². The van der Waals surface area contributed by atoms with Gasteiger partial charge in [-0.2, -0.15) is 0 Å². The van der Waals surface area contributed by atoms with Crippen molar-refractivity contribution in [1.82, 2.24) is 0 Å². The van der Waals surface area contributed by atoms with Gasteiger partial charge in [0.15, 0.2) is 0 Å². The number of hydrogen-bond acceptors (Lipinski definition) is 2. The molecule has 0 unspecified atom stereocenters. The molecule has 0 heterocycles. The van der Waals surface area contributed by atoms with E-state index < -0.39 is 9.28 Å². The zero-order chi connectivity index (χ0) is 9.14. The fraction of sp³-hybridized carbons (Fsp3) is 0.333. The minimum absolute atomic E-state index is 0.357. The van der Waals surface area contributed by atoms with E-state index in [1.165, 1.54) is 0 Å². The topological polar surface area (TPSA) is 40.5 Å². The molecule has 3 heteroatoms. The predicted octanol–water partition coefficient (Wildman–Crippen LogP) is 0.222. The van der Waals surface area contributed by atoms with Crippen molar-refractivity contribution in [2.24, 2.45) is 0 Å². The second-order valence-corrected chi connectivity index (χ2v) is 4.53. The summed E-state index contributed by atoms with van der Waals surface area (Å²) in [6, 6.07) is 7.52. The van der Waals surface area contributed by atoms with Gasteiger partial charge < -0.3 is 9.59 Å². The van der Waals surface area contributed by atoms with Gasteiger partial charge in [-0.1, -0.05) is 38.1 Å². The van der Waals surface area contributed by atoms with Crippen LogP contribution in [0.2, 0.25) is 0 Å². The van der Waals surface area contributed by atoms with Gasteiger partial charge >= 0.3 is 9.28 Å². The summed E-state index contributed by atoms with van der Waals surface area (Å²) in [7, 11) is -2.62. The molecule has 1 aromatic rings. The van der Waals surface area contributed by atoms with Gasteiger partial charge in [-0.3, -0.25) is 0 Å². The van der Waals surface area contributed by atoms with Crippen LogP contribution in [0.4, 0.5) is 0 Å². The first-order valence-corrected chi connectivity index (χ1v) is 5.69. The Bertz CT molecular complexity index is 231. The van der Waals surface area contributed by atoms with Crippen LogP contribution in [0, 0.1) is 0 Å². The predicted molar refractivity (Wildman–Crippen MR) is 51.8 cm³/mol. The summed E-state index contributed by atoms with van der Waals surface area (Å²) in [6.45, 7) is 4.10. The average Bonchev–Trinajstić information content (AvgIpc) is 2.04. The lowest BCUT2D eigenvalue weighted by molar-refractivity contribution is 0.425. The highest BCUT2D eigenvalue weighted by Gasteiger charge is 2.12. The van der Waals surface area contributed by atoms with Crippen molar-refractivity contribution in [3.63, 3.8) is 0 Å². The van der Waals surface area contributed by atoms with Gasteiger partial charge in [0, 0.05) is 0 Å². The maximum Gasteiger partial charge on any atom is 0.350 e. The van der Waals surface area contributed by atoms with Crippen LogP contribution in [0.3, 0.4) is 0 Å². The number of rotatable bonds is 2. The molecule has 0 atom stereocenters. The maximum absolute atomic E-state index is 9.15. The summed E-state index contributed by atoms with van der Waals surface area (Å²) in [5.41, 5.74) is 1.05. The zero-order valence-corrected chi connectivity index (χ0v) is 8.51. The summed E-state index contributed by atoms with van der Waals surface area (Å²) in [5, 5.41) is 0.743. The van der Waals surface area contributed by atoms with Gasteiger partial charge in [0.1, 0.15) is 0 Å². The minimum atomic E-state index is -2.62. The standard InChI is InChI=1S/C9H14O2Si/c1-7(2)8-5-3-4-6-9(8)12(10)11/h3-7,10-12H,1-2H3. The van der Waals surface area contributed by atoms with Gasteiger partial charge in [0.25, 0.3) is 0 Å². The molecule has 0 aliphatic heterocycles. The monoisotopic (exact) mass is 182 g/mol. The normalized spacial score (nSPS) is 11.2. The molecule has 12 heavy (non-hydrogen) atoms. The van der Waals surface area contributed by atoms with E-state index in [1.807, 2.05) is 18.2 Å². The maximum atomic E-state index is 9.15. The Hall–Kier alpha value is -0.643. The van der Waals surface area contributed by atoms with E-state index in [0.717, 1.165) is 10.8 Å². The molecular weight excluding hydrogens is 168 g/mol. The first kappa shape index (κ1) is 9.44. The lowest BCUT2D eigenvalue weighted by Gasteiger charge is -2.11. The first-order chi connectivity index (χ1) is 5.63. The second kappa shape index (κ2) is 3.84. The third kappa shape index (κ3) is 1.94. The SMILES string of the molecule is CC(C)c1ccccc1[SiH](O)O. The van der Waals surface area contributed by atoms with E-state index in [1.54, 1.807) is 6.07 Å². The highest BCUT2D eigenvalue weighted by atomic mass is 28.3. The zero-order valence-electron chi connectivity index (χ0n) is 7.36. The van der Waals surface area contributed by atoms with Crippen molar-refractivity contribution in [3.05, 3.63) is 29.8 Å². The smallest absolute Gasteiger partial charge is 0.350 e. The molecule has 0 amide bonds. The largest absolute Gasteiger partial charge is 0.410 e. The fourth-order valence-electron chi connectivity index (χ4n) is 1.27. The average molecular weight is 182 g/mol. The van der Waals surface area contributed by atoms with Crippen LogP contribution >= 0.6 is 0 Å². The molecule has 2 nitrogen and oxygen atoms in total. The third-order valence-electron chi connectivity index (χ3n) is 1.90. The Morgan fingerprint density at radius 3 is 2.17 bits per heavy atom. The highest BCUT2D eigenvalue weighted by molar-refractivity contribution is 6.59. The van der Waals surface area contributed by atoms with Crippen molar-refractivity contribution in [2.45, 2.75) is 19.8 Å². The Morgan fingerprint density at radius 2 is 1.75 bits per heavy atom. The van der Waals surface area contributed by atoms with E-state index in [-0.39, 0.29) is 0 Å². The van der Waals surface area contributed by atoms with Crippen molar-refractivity contribution < 1.29 is 9.59 Å². The van der Waals surface area contributed by atoms with Crippen LogP contribution < -0.4 is 5.19 Å². The van der Waals surface area contributed by atoms with E-state index in [2.05, 4.69) is 13.8 Å². The Kier molecular flexibility index (Phi) is 3.03. The summed E-state index contributed by atoms with van der Waals surface area (Å²) in [5.74, 6) is 0.357. The number of hydrogen-bond donors (Lipinski definition) is 2. The molecule has 0 aliphatic carbocycles. The molecule has 0 aliphatic rings. The van der Waals surface area contributed by atoms with E-state index in [0.29, 0.717) is 5.92 Å². The molecule has 2 N–H and O–H groups in total. The van der Waals surface area contributed by atoms with Crippen LogP contribution in [-0.2, 0) is 0 Å². The van der Waals surface area contributed by atoms with Crippen LogP contribution in [0.5, 0.6) is 0 Å². The molecule has 0 saturated heterocycles.